The maximum Gasteiger partial charge on any atom is 0.227 e. The van der Waals surface area contributed by atoms with Gasteiger partial charge in [-0.2, -0.15) is 0 Å². The van der Waals surface area contributed by atoms with Gasteiger partial charge in [-0.1, -0.05) is 25.5 Å². The lowest BCUT2D eigenvalue weighted by Crippen LogP contribution is -2.29. The maximum absolute atomic E-state index is 11.7. The number of rotatable bonds is 3. The van der Waals surface area contributed by atoms with Crippen molar-refractivity contribution < 1.29 is 4.79 Å². The molecule has 1 atom stereocenters. The van der Waals surface area contributed by atoms with E-state index in [0.717, 1.165) is 32.1 Å². The van der Waals surface area contributed by atoms with Crippen molar-refractivity contribution in [3.63, 3.8) is 0 Å². The highest BCUT2D eigenvalue weighted by molar-refractivity contribution is 6.64. The minimum atomic E-state index is -0.260. The van der Waals surface area contributed by atoms with Crippen molar-refractivity contribution in [1.82, 2.24) is 0 Å². The molecule has 0 aromatic carbocycles. The van der Waals surface area contributed by atoms with E-state index in [1.807, 2.05) is 0 Å². The van der Waals surface area contributed by atoms with Crippen LogP contribution in [0.2, 0.25) is 0 Å². The highest BCUT2D eigenvalue weighted by Gasteiger charge is 2.37. The molecule has 15 heavy (non-hydrogen) atoms. The SMILES string of the molecule is CC1=CCCC(CC(C)C)(C(=O)Cl)CC1. The summed E-state index contributed by atoms with van der Waals surface area (Å²) in [6.07, 6.45) is 7.04. The highest BCUT2D eigenvalue weighted by Crippen LogP contribution is 2.41. The third-order valence-electron chi connectivity index (χ3n) is 3.33. The molecule has 0 aromatic rings. The topological polar surface area (TPSA) is 17.1 Å². The average molecular weight is 229 g/mol. The third kappa shape index (κ3) is 3.34. The summed E-state index contributed by atoms with van der Waals surface area (Å²) in [6, 6.07) is 0. The van der Waals surface area contributed by atoms with Gasteiger partial charge in [-0.3, -0.25) is 4.79 Å². The molecule has 0 bridgehead atoms. The van der Waals surface area contributed by atoms with Gasteiger partial charge in [0.2, 0.25) is 5.24 Å². The summed E-state index contributed by atoms with van der Waals surface area (Å²) in [5, 5.41) is -0.126. The van der Waals surface area contributed by atoms with Gasteiger partial charge in [0.15, 0.2) is 0 Å². The lowest BCUT2D eigenvalue weighted by atomic mass is 9.75. The van der Waals surface area contributed by atoms with E-state index in [1.165, 1.54) is 5.57 Å². The van der Waals surface area contributed by atoms with Crippen molar-refractivity contribution in [3.8, 4) is 0 Å². The first-order valence-electron chi connectivity index (χ1n) is 5.82. The van der Waals surface area contributed by atoms with Crippen molar-refractivity contribution in [2.45, 2.75) is 52.9 Å². The molecule has 0 saturated carbocycles. The van der Waals surface area contributed by atoms with Crippen LogP contribution in [0.3, 0.4) is 0 Å². The summed E-state index contributed by atoms with van der Waals surface area (Å²) in [5.74, 6) is 0.533. The summed E-state index contributed by atoms with van der Waals surface area (Å²) < 4.78 is 0. The first-order chi connectivity index (χ1) is 6.96. The maximum atomic E-state index is 11.7. The Bertz CT molecular complexity index is 268. The molecule has 0 heterocycles. The summed E-state index contributed by atoms with van der Waals surface area (Å²) in [4.78, 5) is 11.7. The minimum Gasteiger partial charge on any atom is -0.281 e. The first kappa shape index (κ1) is 12.8. The molecule has 0 radical (unpaired) electrons. The van der Waals surface area contributed by atoms with Crippen LogP contribution in [-0.4, -0.2) is 5.24 Å². The van der Waals surface area contributed by atoms with Crippen LogP contribution in [0.4, 0.5) is 0 Å². The Kier molecular flexibility index (Phi) is 4.39. The molecule has 1 aliphatic carbocycles. The van der Waals surface area contributed by atoms with E-state index in [9.17, 15) is 4.79 Å². The fourth-order valence-corrected chi connectivity index (χ4v) is 2.79. The van der Waals surface area contributed by atoms with Gasteiger partial charge in [-0.25, -0.2) is 0 Å². The van der Waals surface area contributed by atoms with E-state index in [0.29, 0.717) is 5.92 Å². The molecule has 1 aliphatic rings. The van der Waals surface area contributed by atoms with Gasteiger partial charge < -0.3 is 0 Å². The van der Waals surface area contributed by atoms with E-state index < -0.39 is 0 Å². The monoisotopic (exact) mass is 228 g/mol. The predicted octanol–water partition coefficient (Wildman–Crippen LogP) is 4.30. The smallest absolute Gasteiger partial charge is 0.227 e. The van der Waals surface area contributed by atoms with E-state index in [1.54, 1.807) is 0 Å². The molecule has 1 unspecified atom stereocenters. The van der Waals surface area contributed by atoms with Crippen molar-refractivity contribution in [1.29, 1.82) is 0 Å². The van der Waals surface area contributed by atoms with Gasteiger partial charge in [0.25, 0.3) is 0 Å². The van der Waals surface area contributed by atoms with Gasteiger partial charge in [-0.15, -0.1) is 0 Å². The van der Waals surface area contributed by atoms with Crippen LogP contribution in [0, 0.1) is 11.3 Å². The lowest BCUT2D eigenvalue weighted by molar-refractivity contribution is -0.122. The van der Waals surface area contributed by atoms with Gasteiger partial charge in [0.1, 0.15) is 0 Å². The molecule has 0 amide bonds. The molecule has 0 saturated heterocycles. The summed E-state index contributed by atoms with van der Waals surface area (Å²) in [5.41, 5.74) is 1.14. The molecule has 0 aromatic heterocycles. The first-order valence-corrected chi connectivity index (χ1v) is 6.20. The lowest BCUT2D eigenvalue weighted by Gasteiger charge is -2.30. The zero-order valence-electron chi connectivity index (χ0n) is 9.98. The molecule has 0 fully saturated rings. The summed E-state index contributed by atoms with van der Waals surface area (Å²) in [7, 11) is 0. The van der Waals surface area contributed by atoms with E-state index in [4.69, 9.17) is 11.6 Å². The largest absolute Gasteiger partial charge is 0.281 e. The molecule has 1 nitrogen and oxygen atoms in total. The second-order valence-corrected chi connectivity index (χ2v) is 5.58. The molecular formula is C13H21ClO. The quantitative estimate of drug-likeness (QED) is 0.520. The van der Waals surface area contributed by atoms with Gasteiger partial charge in [0.05, 0.1) is 0 Å². The van der Waals surface area contributed by atoms with Crippen molar-refractivity contribution in [3.05, 3.63) is 11.6 Å². The number of hydrogen-bond acceptors (Lipinski definition) is 1. The van der Waals surface area contributed by atoms with Crippen LogP contribution in [-0.2, 0) is 4.79 Å². The van der Waals surface area contributed by atoms with Crippen LogP contribution in [0.25, 0.3) is 0 Å². The Balaban J connectivity index is 2.79. The van der Waals surface area contributed by atoms with E-state index >= 15 is 0 Å². The Morgan fingerprint density at radius 3 is 2.73 bits per heavy atom. The highest BCUT2D eigenvalue weighted by atomic mass is 35.5. The zero-order chi connectivity index (χ0) is 11.5. The number of carbonyl (C=O) groups is 1. The predicted molar refractivity (Wildman–Crippen MR) is 65.0 cm³/mol. The number of hydrogen-bond donors (Lipinski definition) is 0. The van der Waals surface area contributed by atoms with Crippen molar-refractivity contribution >= 4 is 16.8 Å². The molecule has 0 N–H and O–H groups in total. The van der Waals surface area contributed by atoms with Crippen LogP contribution in [0.1, 0.15) is 52.9 Å². The standard InChI is InChI=1S/C13H21ClO/c1-10(2)9-13(12(14)15)7-4-5-11(3)6-8-13/h5,10H,4,6-9H2,1-3H3. The average Bonchev–Trinajstić information content (AvgIpc) is 2.28. The molecule has 2 heteroatoms. The van der Waals surface area contributed by atoms with E-state index in [2.05, 4.69) is 26.8 Å². The zero-order valence-corrected chi connectivity index (χ0v) is 10.7. The number of carbonyl (C=O) groups excluding carboxylic acids is 1. The molecule has 1 rings (SSSR count). The third-order valence-corrected chi connectivity index (χ3v) is 3.73. The van der Waals surface area contributed by atoms with Gasteiger partial charge in [0, 0.05) is 5.41 Å². The second kappa shape index (κ2) is 5.16. The Labute approximate surface area is 97.9 Å². The Morgan fingerprint density at radius 1 is 1.53 bits per heavy atom. The van der Waals surface area contributed by atoms with Crippen LogP contribution >= 0.6 is 11.6 Å². The number of halogens is 1. The molecule has 0 aliphatic heterocycles. The number of allylic oxidation sites excluding steroid dienone is 2. The van der Waals surface area contributed by atoms with Gasteiger partial charge >= 0.3 is 0 Å². The molecular weight excluding hydrogens is 208 g/mol. The van der Waals surface area contributed by atoms with Crippen LogP contribution in [0.15, 0.2) is 11.6 Å². The minimum absolute atomic E-state index is 0.126. The second-order valence-electron chi connectivity index (χ2n) is 5.24. The van der Waals surface area contributed by atoms with Crippen LogP contribution < -0.4 is 0 Å². The fourth-order valence-electron chi connectivity index (χ4n) is 2.52. The van der Waals surface area contributed by atoms with Crippen molar-refractivity contribution in [2.75, 3.05) is 0 Å². The van der Waals surface area contributed by atoms with Gasteiger partial charge in [-0.05, 0) is 56.5 Å². The van der Waals surface area contributed by atoms with E-state index in [-0.39, 0.29) is 10.7 Å². The van der Waals surface area contributed by atoms with Crippen molar-refractivity contribution in [2.24, 2.45) is 11.3 Å². The normalized spacial score (nSPS) is 27.4. The van der Waals surface area contributed by atoms with Crippen LogP contribution in [0.5, 0.6) is 0 Å². The Hall–Kier alpha value is -0.300. The Morgan fingerprint density at radius 2 is 2.20 bits per heavy atom. The summed E-state index contributed by atoms with van der Waals surface area (Å²) in [6.45, 7) is 6.46. The molecule has 86 valence electrons. The fraction of sp³-hybridized carbons (Fsp3) is 0.769. The summed E-state index contributed by atoms with van der Waals surface area (Å²) >= 11 is 5.82. The molecule has 0 spiro atoms.